The molecule has 0 amide bonds. The van der Waals surface area contributed by atoms with E-state index in [4.69, 9.17) is 5.11 Å². The van der Waals surface area contributed by atoms with Gasteiger partial charge < -0.3 is 5.11 Å². The Bertz CT molecular complexity index is 718. The third-order valence-electron chi connectivity index (χ3n) is 3.23. The van der Waals surface area contributed by atoms with Gasteiger partial charge in [-0.25, -0.2) is 26.3 Å². The molecule has 0 fully saturated rings. The second-order valence-electron chi connectivity index (χ2n) is 4.66. The van der Waals surface area contributed by atoms with E-state index in [1.807, 2.05) is 0 Å². The van der Waals surface area contributed by atoms with E-state index < -0.39 is 64.3 Å². The Morgan fingerprint density at radius 1 is 0.783 bits per heavy atom. The molecule has 23 heavy (non-hydrogen) atoms. The fourth-order valence-corrected chi connectivity index (χ4v) is 2.25. The van der Waals surface area contributed by atoms with Crippen molar-refractivity contribution in [2.24, 2.45) is 0 Å². The van der Waals surface area contributed by atoms with Crippen molar-refractivity contribution < 1.29 is 36.2 Å². The highest BCUT2D eigenvalue weighted by molar-refractivity contribution is 5.69. The Kier molecular flexibility index (Phi) is 4.63. The second-order valence-corrected chi connectivity index (χ2v) is 4.66. The Labute approximate surface area is 126 Å². The van der Waals surface area contributed by atoms with Crippen molar-refractivity contribution in [3.8, 4) is 0 Å². The lowest BCUT2D eigenvalue weighted by Gasteiger charge is -2.19. The highest BCUT2D eigenvalue weighted by Crippen LogP contribution is 2.36. The van der Waals surface area contributed by atoms with E-state index in [0.717, 1.165) is 0 Å². The third kappa shape index (κ3) is 3.15. The van der Waals surface area contributed by atoms with Gasteiger partial charge in [0, 0.05) is 17.0 Å². The smallest absolute Gasteiger partial charge is 0.304 e. The van der Waals surface area contributed by atoms with Gasteiger partial charge >= 0.3 is 5.97 Å². The minimum absolute atomic E-state index is 0.435. The van der Waals surface area contributed by atoms with Gasteiger partial charge in [-0.2, -0.15) is 0 Å². The molecule has 2 aromatic carbocycles. The molecular weight excluding hydrogens is 326 g/mol. The molecule has 1 N–H and O–H groups in total. The van der Waals surface area contributed by atoms with Gasteiger partial charge in [0.25, 0.3) is 0 Å². The quantitative estimate of drug-likeness (QED) is 0.674. The van der Waals surface area contributed by atoms with Crippen LogP contribution >= 0.6 is 0 Å². The Morgan fingerprint density at radius 3 is 1.48 bits per heavy atom. The van der Waals surface area contributed by atoms with Crippen molar-refractivity contribution in [3.05, 3.63) is 70.3 Å². The van der Waals surface area contributed by atoms with E-state index in [-0.39, 0.29) is 0 Å². The first-order valence-corrected chi connectivity index (χ1v) is 6.22. The Balaban J connectivity index is 2.77. The molecule has 122 valence electrons. The molecule has 0 aliphatic rings. The van der Waals surface area contributed by atoms with Gasteiger partial charge in [0.15, 0.2) is 23.3 Å². The first-order chi connectivity index (χ1) is 10.7. The summed E-state index contributed by atoms with van der Waals surface area (Å²) >= 11 is 0. The van der Waals surface area contributed by atoms with Crippen molar-refractivity contribution in [1.82, 2.24) is 0 Å². The number of carbonyl (C=O) groups is 1. The predicted molar refractivity (Wildman–Crippen MR) is 66.7 cm³/mol. The maximum absolute atomic E-state index is 13.9. The molecule has 0 spiro atoms. The van der Waals surface area contributed by atoms with Crippen molar-refractivity contribution in [3.63, 3.8) is 0 Å². The van der Waals surface area contributed by atoms with E-state index in [9.17, 15) is 31.1 Å². The average molecular weight is 334 g/mol. The Hall–Kier alpha value is -2.51. The number of halogens is 6. The lowest BCUT2D eigenvalue weighted by molar-refractivity contribution is -0.137. The Morgan fingerprint density at radius 2 is 1.13 bits per heavy atom. The maximum atomic E-state index is 13.9. The standard InChI is InChI=1S/C15H8F6O2/c16-7-1-3-9(18)14(20)12(7)6(5-11(22)23)13-8(17)2-4-10(19)15(13)21/h1-4,6H,5H2,(H,22,23). The molecule has 0 heterocycles. The van der Waals surface area contributed by atoms with Crippen molar-refractivity contribution in [1.29, 1.82) is 0 Å². The van der Waals surface area contributed by atoms with Gasteiger partial charge in [-0.3, -0.25) is 4.79 Å². The van der Waals surface area contributed by atoms with Gasteiger partial charge in [0.2, 0.25) is 0 Å². The minimum atomic E-state index is -2.08. The molecule has 2 rings (SSSR count). The van der Waals surface area contributed by atoms with Gasteiger partial charge in [-0.15, -0.1) is 0 Å². The lowest BCUT2D eigenvalue weighted by atomic mass is 9.86. The van der Waals surface area contributed by atoms with Gasteiger partial charge in [0.1, 0.15) is 11.6 Å². The summed E-state index contributed by atoms with van der Waals surface area (Å²) in [5.74, 6) is -13.2. The van der Waals surface area contributed by atoms with Crippen LogP contribution in [0.1, 0.15) is 23.5 Å². The van der Waals surface area contributed by atoms with Gasteiger partial charge in [0.05, 0.1) is 6.42 Å². The monoisotopic (exact) mass is 334 g/mol. The molecule has 2 aromatic rings. The van der Waals surface area contributed by atoms with Crippen LogP contribution in [-0.2, 0) is 4.79 Å². The summed E-state index contributed by atoms with van der Waals surface area (Å²) in [6.07, 6.45) is -1.17. The summed E-state index contributed by atoms with van der Waals surface area (Å²) in [4.78, 5) is 10.9. The summed E-state index contributed by atoms with van der Waals surface area (Å²) in [5, 5.41) is 8.83. The van der Waals surface area contributed by atoms with E-state index in [2.05, 4.69) is 0 Å². The number of carboxylic acids is 1. The zero-order valence-electron chi connectivity index (χ0n) is 11.2. The van der Waals surface area contributed by atoms with Crippen LogP contribution in [0.4, 0.5) is 26.3 Å². The zero-order valence-corrected chi connectivity index (χ0v) is 11.2. The number of carboxylic acid groups (broad SMARTS) is 1. The van der Waals surface area contributed by atoms with Gasteiger partial charge in [-0.05, 0) is 24.3 Å². The van der Waals surface area contributed by atoms with Crippen LogP contribution in [0.2, 0.25) is 0 Å². The molecule has 0 atom stereocenters. The summed E-state index contributed by atoms with van der Waals surface area (Å²) in [5.41, 5.74) is -2.37. The maximum Gasteiger partial charge on any atom is 0.304 e. The summed E-state index contributed by atoms with van der Waals surface area (Å²) in [7, 11) is 0. The van der Waals surface area contributed by atoms with E-state index in [1.54, 1.807) is 0 Å². The van der Waals surface area contributed by atoms with Gasteiger partial charge in [-0.1, -0.05) is 0 Å². The number of hydrogen-bond donors (Lipinski definition) is 1. The molecule has 2 nitrogen and oxygen atoms in total. The summed E-state index contributed by atoms with van der Waals surface area (Å²) in [6, 6.07) is 1.84. The minimum Gasteiger partial charge on any atom is -0.481 e. The molecular formula is C15H8F6O2. The molecule has 0 aliphatic carbocycles. The molecule has 0 aliphatic heterocycles. The third-order valence-corrected chi connectivity index (χ3v) is 3.23. The first kappa shape index (κ1) is 16.9. The highest BCUT2D eigenvalue weighted by Gasteiger charge is 2.32. The molecule has 0 bridgehead atoms. The largest absolute Gasteiger partial charge is 0.481 e. The molecule has 0 aromatic heterocycles. The fraction of sp³-hybridized carbons (Fsp3) is 0.133. The topological polar surface area (TPSA) is 37.3 Å². The molecule has 0 saturated carbocycles. The SMILES string of the molecule is O=C(O)CC(c1c(F)ccc(F)c1F)c1c(F)ccc(F)c1F. The first-order valence-electron chi connectivity index (χ1n) is 6.22. The zero-order chi connectivity index (χ0) is 17.3. The number of rotatable bonds is 4. The summed E-state index contributed by atoms with van der Waals surface area (Å²) < 4.78 is 82.0. The van der Waals surface area contributed by atoms with Crippen LogP contribution in [0.15, 0.2) is 24.3 Å². The second kappa shape index (κ2) is 6.31. The molecule has 0 saturated heterocycles. The van der Waals surface area contributed by atoms with Crippen molar-refractivity contribution in [2.45, 2.75) is 12.3 Å². The summed E-state index contributed by atoms with van der Waals surface area (Å²) in [6.45, 7) is 0. The lowest BCUT2D eigenvalue weighted by Crippen LogP contribution is -2.16. The van der Waals surface area contributed by atoms with Crippen LogP contribution in [0, 0.1) is 34.9 Å². The van der Waals surface area contributed by atoms with E-state index >= 15 is 0 Å². The van der Waals surface area contributed by atoms with Crippen LogP contribution in [-0.4, -0.2) is 11.1 Å². The van der Waals surface area contributed by atoms with Crippen LogP contribution in [0.3, 0.4) is 0 Å². The normalized spacial score (nSPS) is 11.1. The van der Waals surface area contributed by atoms with Crippen LogP contribution < -0.4 is 0 Å². The number of benzene rings is 2. The van der Waals surface area contributed by atoms with Crippen molar-refractivity contribution >= 4 is 5.97 Å². The highest BCUT2D eigenvalue weighted by atomic mass is 19.2. The van der Waals surface area contributed by atoms with Crippen molar-refractivity contribution in [2.75, 3.05) is 0 Å². The number of hydrogen-bond acceptors (Lipinski definition) is 1. The number of aliphatic carboxylic acids is 1. The predicted octanol–water partition coefficient (Wildman–Crippen LogP) is 4.13. The molecule has 0 radical (unpaired) electrons. The van der Waals surface area contributed by atoms with E-state index in [0.29, 0.717) is 24.3 Å². The average Bonchev–Trinajstić information content (AvgIpc) is 2.47. The van der Waals surface area contributed by atoms with Crippen LogP contribution in [0.5, 0.6) is 0 Å². The fourth-order valence-electron chi connectivity index (χ4n) is 2.25. The molecule has 0 unspecified atom stereocenters. The molecule has 8 heteroatoms. The van der Waals surface area contributed by atoms with Crippen LogP contribution in [0.25, 0.3) is 0 Å². The van der Waals surface area contributed by atoms with E-state index in [1.165, 1.54) is 0 Å².